The average Bonchev–Trinajstić information content (AvgIpc) is 2.33. The van der Waals surface area contributed by atoms with Crippen molar-refractivity contribution in [3.63, 3.8) is 0 Å². The number of nitrogen functional groups attached to an aromatic ring is 1. The molecular formula is C13H17N5O. The van der Waals surface area contributed by atoms with Crippen molar-refractivity contribution in [2.24, 2.45) is 0 Å². The first-order valence-electron chi connectivity index (χ1n) is 5.89. The first kappa shape index (κ1) is 13.1. The third-order valence-corrected chi connectivity index (χ3v) is 2.57. The van der Waals surface area contributed by atoms with Crippen molar-refractivity contribution in [2.45, 2.75) is 13.8 Å². The molecule has 0 unspecified atom stereocenters. The standard InChI is InChI=1S/C13H17N5O/c1-8-5-6-9(2)10(7-8)19-13-16-11(14)15-12(17-13)18(3)4/h5-7H,1-4H3,(H2,14,15,16,17). The van der Waals surface area contributed by atoms with Crippen LogP contribution < -0.4 is 15.4 Å². The van der Waals surface area contributed by atoms with Crippen LogP contribution in [0.3, 0.4) is 0 Å². The van der Waals surface area contributed by atoms with Crippen molar-refractivity contribution in [3.05, 3.63) is 29.3 Å². The lowest BCUT2D eigenvalue weighted by molar-refractivity contribution is 0.437. The van der Waals surface area contributed by atoms with Crippen molar-refractivity contribution < 1.29 is 4.74 Å². The Balaban J connectivity index is 2.35. The number of nitrogens with two attached hydrogens (primary N) is 1. The van der Waals surface area contributed by atoms with Crippen LogP contribution in [0.5, 0.6) is 11.8 Å². The number of ether oxygens (including phenoxy) is 1. The molecule has 1 aromatic carbocycles. The van der Waals surface area contributed by atoms with Gasteiger partial charge in [-0.15, -0.1) is 0 Å². The number of aromatic nitrogens is 3. The van der Waals surface area contributed by atoms with E-state index in [0.717, 1.165) is 16.9 Å². The first-order valence-corrected chi connectivity index (χ1v) is 5.89. The van der Waals surface area contributed by atoms with Gasteiger partial charge in [0.25, 0.3) is 0 Å². The normalized spacial score (nSPS) is 10.3. The van der Waals surface area contributed by atoms with Gasteiger partial charge >= 0.3 is 6.01 Å². The van der Waals surface area contributed by atoms with E-state index in [1.54, 1.807) is 4.90 Å². The van der Waals surface area contributed by atoms with Gasteiger partial charge in [-0.2, -0.15) is 15.0 Å². The topological polar surface area (TPSA) is 77.2 Å². The molecule has 0 aliphatic heterocycles. The summed E-state index contributed by atoms with van der Waals surface area (Å²) in [6.07, 6.45) is 0. The fraction of sp³-hybridized carbons (Fsp3) is 0.308. The maximum atomic E-state index is 5.69. The molecule has 0 saturated carbocycles. The number of benzene rings is 1. The Morgan fingerprint density at radius 2 is 1.84 bits per heavy atom. The highest BCUT2D eigenvalue weighted by molar-refractivity contribution is 5.39. The third-order valence-electron chi connectivity index (χ3n) is 2.57. The van der Waals surface area contributed by atoms with Gasteiger partial charge in [0, 0.05) is 14.1 Å². The van der Waals surface area contributed by atoms with E-state index in [1.165, 1.54) is 0 Å². The summed E-state index contributed by atoms with van der Waals surface area (Å²) in [5, 5.41) is 0. The van der Waals surface area contributed by atoms with E-state index in [2.05, 4.69) is 15.0 Å². The molecule has 2 rings (SSSR count). The van der Waals surface area contributed by atoms with E-state index in [4.69, 9.17) is 10.5 Å². The zero-order chi connectivity index (χ0) is 14.0. The van der Waals surface area contributed by atoms with Crippen molar-refractivity contribution in [2.75, 3.05) is 24.7 Å². The van der Waals surface area contributed by atoms with Gasteiger partial charge in [0.2, 0.25) is 11.9 Å². The lowest BCUT2D eigenvalue weighted by Gasteiger charge is -2.12. The lowest BCUT2D eigenvalue weighted by Crippen LogP contribution is -2.15. The molecule has 19 heavy (non-hydrogen) atoms. The van der Waals surface area contributed by atoms with Gasteiger partial charge in [0.1, 0.15) is 5.75 Å². The summed E-state index contributed by atoms with van der Waals surface area (Å²) in [5.74, 6) is 1.32. The summed E-state index contributed by atoms with van der Waals surface area (Å²) in [6, 6.07) is 6.15. The van der Waals surface area contributed by atoms with Gasteiger partial charge in [-0.1, -0.05) is 12.1 Å². The quantitative estimate of drug-likeness (QED) is 0.907. The highest BCUT2D eigenvalue weighted by Gasteiger charge is 2.09. The number of nitrogens with zero attached hydrogens (tertiary/aromatic N) is 4. The summed E-state index contributed by atoms with van der Waals surface area (Å²) < 4.78 is 5.69. The largest absolute Gasteiger partial charge is 0.424 e. The molecule has 2 N–H and O–H groups in total. The van der Waals surface area contributed by atoms with Crippen molar-refractivity contribution in [3.8, 4) is 11.8 Å². The maximum absolute atomic E-state index is 5.69. The van der Waals surface area contributed by atoms with Gasteiger partial charge < -0.3 is 15.4 Å². The molecule has 100 valence electrons. The molecule has 1 heterocycles. The monoisotopic (exact) mass is 259 g/mol. The molecule has 0 saturated heterocycles. The van der Waals surface area contributed by atoms with Crippen molar-refractivity contribution >= 4 is 11.9 Å². The van der Waals surface area contributed by atoms with Crippen molar-refractivity contribution in [1.29, 1.82) is 0 Å². The number of aryl methyl sites for hydroxylation is 2. The van der Waals surface area contributed by atoms with Crippen LogP contribution in [0, 0.1) is 13.8 Å². The molecule has 0 bridgehead atoms. The predicted molar refractivity (Wildman–Crippen MR) is 74.6 cm³/mol. The van der Waals surface area contributed by atoms with E-state index in [0.29, 0.717) is 5.95 Å². The SMILES string of the molecule is Cc1ccc(C)c(Oc2nc(N)nc(N(C)C)n2)c1. The van der Waals surface area contributed by atoms with Crippen LogP contribution in [0.2, 0.25) is 0 Å². The molecule has 0 aliphatic rings. The minimum absolute atomic E-state index is 0.138. The fourth-order valence-corrected chi connectivity index (χ4v) is 1.52. The highest BCUT2D eigenvalue weighted by atomic mass is 16.5. The number of hydrogen-bond donors (Lipinski definition) is 1. The summed E-state index contributed by atoms with van der Waals surface area (Å²) in [7, 11) is 3.66. The van der Waals surface area contributed by atoms with Gasteiger partial charge in [-0.3, -0.25) is 0 Å². The molecule has 0 amide bonds. The molecule has 6 heteroatoms. The summed E-state index contributed by atoms with van der Waals surface area (Å²) in [6.45, 7) is 3.96. The zero-order valence-corrected chi connectivity index (χ0v) is 11.5. The third kappa shape index (κ3) is 3.09. The zero-order valence-electron chi connectivity index (χ0n) is 11.5. The van der Waals surface area contributed by atoms with Crippen LogP contribution in [-0.2, 0) is 0 Å². The molecule has 1 aromatic heterocycles. The molecule has 0 spiro atoms. The van der Waals surface area contributed by atoms with Gasteiger partial charge in [-0.05, 0) is 31.0 Å². The van der Waals surface area contributed by atoms with E-state index < -0.39 is 0 Å². The smallest absolute Gasteiger partial charge is 0.328 e. The van der Waals surface area contributed by atoms with Crippen LogP contribution in [0.15, 0.2) is 18.2 Å². The van der Waals surface area contributed by atoms with Gasteiger partial charge in [0.05, 0.1) is 0 Å². The number of hydrogen-bond acceptors (Lipinski definition) is 6. The highest BCUT2D eigenvalue weighted by Crippen LogP contribution is 2.24. The van der Waals surface area contributed by atoms with Gasteiger partial charge in [0.15, 0.2) is 0 Å². The first-order chi connectivity index (χ1) is 8.95. The summed E-state index contributed by atoms with van der Waals surface area (Å²) >= 11 is 0. The second-order valence-corrected chi connectivity index (χ2v) is 4.54. The second kappa shape index (κ2) is 5.09. The molecule has 0 aliphatic carbocycles. The minimum atomic E-state index is 0.138. The minimum Gasteiger partial charge on any atom is -0.424 e. The van der Waals surface area contributed by atoms with Gasteiger partial charge in [-0.25, -0.2) is 0 Å². The molecule has 2 aromatic rings. The Kier molecular flexibility index (Phi) is 3.50. The maximum Gasteiger partial charge on any atom is 0.328 e. The Morgan fingerprint density at radius 1 is 1.11 bits per heavy atom. The molecule has 0 atom stereocenters. The van der Waals surface area contributed by atoms with E-state index in [1.807, 2.05) is 46.1 Å². The summed E-state index contributed by atoms with van der Waals surface area (Å²) in [4.78, 5) is 14.0. The van der Waals surface area contributed by atoms with Crippen LogP contribution in [0.25, 0.3) is 0 Å². The van der Waals surface area contributed by atoms with Crippen LogP contribution in [0.1, 0.15) is 11.1 Å². The lowest BCUT2D eigenvalue weighted by atomic mass is 10.1. The molecule has 6 nitrogen and oxygen atoms in total. The average molecular weight is 259 g/mol. The number of anilines is 2. The summed E-state index contributed by atoms with van der Waals surface area (Å²) in [5.41, 5.74) is 7.77. The van der Waals surface area contributed by atoms with E-state index in [-0.39, 0.29) is 12.0 Å². The van der Waals surface area contributed by atoms with Crippen LogP contribution >= 0.6 is 0 Å². The Morgan fingerprint density at radius 3 is 2.53 bits per heavy atom. The second-order valence-electron chi connectivity index (χ2n) is 4.54. The molecule has 0 radical (unpaired) electrons. The van der Waals surface area contributed by atoms with Crippen LogP contribution in [0.4, 0.5) is 11.9 Å². The Labute approximate surface area is 112 Å². The Bertz CT molecular complexity index is 598. The molecule has 0 fully saturated rings. The Hall–Kier alpha value is -2.37. The van der Waals surface area contributed by atoms with Crippen molar-refractivity contribution in [1.82, 2.24) is 15.0 Å². The van der Waals surface area contributed by atoms with E-state index in [9.17, 15) is 0 Å². The van der Waals surface area contributed by atoms with Crippen LogP contribution in [-0.4, -0.2) is 29.0 Å². The van der Waals surface area contributed by atoms with E-state index >= 15 is 0 Å². The predicted octanol–water partition coefficient (Wildman–Crippen LogP) is 1.93. The molecular weight excluding hydrogens is 242 g/mol. The number of rotatable bonds is 3. The fourth-order valence-electron chi connectivity index (χ4n) is 1.52.